The quantitative estimate of drug-likeness (QED) is 0.706. The molecule has 1 aromatic carbocycles. The monoisotopic (exact) mass is 352 g/mol. The van der Waals surface area contributed by atoms with E-state index in [0.717, 1.165) is 0 Å². The molecule has 2 aromatic rings. The SMILES string of the molecule is Cc1ccc(S(=O)(=O)NCc2ccco2)cc1C(=O)OCC(N)=O. The zero-order valence-corrected chi connectivity index (χ0v) is 13.6. The summed E-state index contributed by atoms with van der Waals surface area (Å²) in [4.78, 5) is 22.5. The van der Waals surface area contributed by atoms with Gasteiger partial charge in [0.05, 0.1) is 23.3 Å². The molecule has 0 atom stereocenters. The molecule has 24 heavy (non-hydrogen) atoms. The number of carbonyl (C=O) groups is 2. The average molecular weight is 352 g/mol. The van der Waals surface area contributed by atoms with Gasteiger partial charge in [0, 0.05) is 0 Å². The predicted octanol–water partition coefficient (Wildman–Crippen LogP) is 0.709. The van der Waals surface area contributed by atoms with Crippen molar-refractivity contribution >= 4 is 21.9 Å². The van der Waals surface area contributed by atoms with E-state index >= 15 is 0 Å². The van der Waals surface area contributed by atoms with Gasteiger partial charge in [-0.25, -0.2) is 17.9 Å². The third kappa shape index (κ3) is 4.43. The van der Waals surface area contributed by atoms with Gasteiger partial charge in [-0.15, -0.1) is 0 Å². The van der Waals surface area contributed by atoms with Crippen LogP contribution in [0.5, 0.6) is 0 Å². The van der Waals surface area contributed by atoms with E-state index in [2.05, 4.69) is 4.72 Å². The van der Waals surface area contributed by atoms with Gasteiger partial charge in [0.2, 0.25) is 10.0 Å². The lowest BCUT2D eigenvalue weighted by Crippen LogP contribution is -2.24. The van der Waals surface area contributed by atoms with Gasteiger partial charge < -0.3 is 14.9 Å². The highest BCUT2D eigenvalue weighted by atomic mass is 32.2. The van der Waals surface area contributed by atoms with Crippen LogP contribution in [0.3, 0.4) is 0 Å². The Kier molecular flexibility index (Phi) is 5.37. The van der Waals surface area contributed by atoms with E-state index < -0.39 is 28.5 Å². The molecule has 128 valence electrons. The van der Waals surface area contributed by atoms with E-state index in [1.54, 1.807) is 19.1 Å². The molecule has 1 heterocycles. The number of ether oxygens (including phenoxy) is 1. The normalized spacial score (nSPS) is 11.2. The zero-order chi connectivity index (χ0) is 17.7. The molecule has 9 heteroatoms. The van der Waals surface area contributed by atoms with Crippen molar-refractivity contribution in [2.45, 2.75) is 18.4 Å². The van der Waals surface area contributed by atoms with Crippen molar-refractivity contribution < 1.29 is 27.2 Å². The Hall–Kier alpha value is -2.65. The Morgan fingerprint density at radius 1 is 1.29 bits per heavy atom. The van der Waals surface area contributed by atoms with E-state index in [9.17, 15) is 18.0 Å². The number of rotatable bonds is 7. The fourth-order valence-electron chi connectivity index (χ4n) is 1.87. The summed E-state index contributed by atoms with van der Waals surface area (Å²) >= 11 is 0. The van der Waals surface area contributed by atoms with Crippen LogP contribution in [0, 0.1) is 6.92 Å². The molecule has 0 saturated heterocycles. The topological polar surface area (TPSA) is 129 Å². The van der Waals surface area contributed by atoms with Crippen LogP contribution in [0.15, 0.2) is 45.9 Å². The molecule has 0 bridgehead atoms. The maximum Gasteiger partial charge on any atom is 0.338 e. The fourth-order valence-corrected chi connectivity index (χ4v) is 2.88. The van der Waals surface area contributed by atoms with E-state index in [0.29, 0.717) is 11.3 Å². The highest BCUT2D eigenvalue weighted by Gasteiger charge is 2.19. The average Bonchev–Trinajstić information content (AvgIpc) is 3.04. The van der Waals surface area contributed by atoms with Gasteiger partial charge in [0.15, 0.2) is 6.61 Å². The largest absolute Gasteiger partial charge is 0.468 e. The van der Waals surface area contributed by atoms with Crippen LogP contribution in [0.25, 0.3) is 0 Å². The first kappa shape index (κ1) is 17.7. The lowest BCUT2D eigenvalue weighted by Gasteiger charge is -2.10. The molecular weight excluding hydrogens is 336 g/mol. The Bertz CT molecular complexity index is 843. The van der Waals surface area contributed by atoms with E-state index in [-0.39, 0.29) is 17.0 Å². The Labute approximate surface area is 138 Å². The first-order valence-corrected chi connectivity index (χ1v) is 8.36. The van der Waals surface area contributed by atoms with E-state index in [1.807, 2.05) is 0 Å². The zero-order valence-electron chi connectivity index (χ0n) is 12.8. The third-order valence-corrected chi connectivity index (χ3v) is 4.50. The molecule has 3 N–H and O–H groups in total. The van der Waals surface area contributed by atoms with Crippen molar-refractivity contribution in [3.63, 3.8) is 0 Å². The van der Waals surface area contributed by atoms with Crippen molar-refractivity contribution in [2.24, 2.45) is 5.73 Å². The van der Waals surface area contributed by atoms with Crippen molar-refractivity contribution in [3.8, 4) is 0 Å². The number of aryl methyl sites for hydroxylation is 1. The minimum atomic E-state index is -3.85. The number of amides is 1. The van der Waals surface area contributed by atoms with Crippen LogP contribution in [0.4, 0.5) is 0 Å². The molecule has 1 aromatic heterocycles. The maximum absolute atomic E-state index is 12.3. The first-order chi connectivity index (χ1) is 11.3. The molecule has 0 unspecified atom stereocenters. The van der Waals surface area contributed by atoms with Crippen LogP contribution in [-0.4, -0.2) is 26.9 Å². The van der Waals surface area contributed by atoms with Crippen molar-refractivity contribution in [3.05, 3.63) is 53.5 Å². The number of benzene rings is 1. The Balaban J connectivity index is 2.19. The molecule has 0 radical (unpaired) electrons. The number of nitrogens with two attached hydrogens (primary N) is 1. The van der Waals surface area contributed by atoms with Crippen LogP contribution in [0.1, 0.15) is 21.7 Å². The lowest BCUT2D eigenvalue weighted by molar-refractivity contribution is -0.121. The molecule has 8 nitrogen and oxygen atoms in total. The summed E-state index contributed by atoms with van der Waals surface area (Å²) in [5, 5.41) is 0. The summed E-state index contributed by atoms with van der Waals surface area (Å²) in [6.07, 6.45) is 1.43. The number of hydrogen-bond acceptors (Lipinski definition) is 6. The second-order valence-corrected chi connectivity index (χ2v) is 6.69. The van der Waals surface area contributed by atoms with E-state index in [4.69, 9.17) is 14.9 Å². The summed E-state index contributed by atoms with van der Waals surface area (Å²) in [6, 6.07) is 7.29. The minimum absolute atomic E-state index is 0.0231. The van der Waals surface area contributed by atoms with Gasteiger partial charge in [-0.3, -0.25) is 4.79 Å². The van der Waals surface area contributed by atoms with Crippen LogP contribution in [0.2, 0.25) is 0 Å². The second kappa shape index (κ2) is 7.28. The van der Waals surface area contributed by atoms with Gasteiger partial charge in [0.1, 0.15) is 5.76 Å². The number of primary amides is 1. The summed E-state index contributed by atoms with van der Waals surface area (Å²) < 4.78 is 36.7. The molecule has 0 aliphatic carbocycles. The van der Waals surface area contributed by atoms with Crippen molar-refractivity contribution in [2.75, 3.05) is 6.61 Å². The Morgan fingerprint density at radius 2 is 2.04 bits per heavy atom. The summed E-state index contributed by atoms with van der Waals surface area (Å²) in [5.41, 5.74) is 5.46. The molecule has 2 rings (SSSR count). The summed E-state index contributed by atoms with van der Waals surface area (Å²) in [6.45, 7) is 1.02. The van der Waals surface area contributed by atoms with Gasteiger partial charge in [-0.1, -0.05) is 6.07 Å². The molecule has 0 spiro atoms. The highest BCUT2D eigenvalue weighted by molar-refractivity contribution is 7.89. The standard InChI is InChI=1S/C15H16N2O6S/c1-10-4-5-12(7-13(10)15(19)23-9-14(16)18)24(20,21)17-8-11-3-2-6-22-11/h2-7,17H,8-9H2,1H3,(H2,16,18). The number of hydrogen-bond donors (Lipinski definition) is 2. The molecule has 1 amide bonds. The van der Waals surface area contributed by atoms with Gasteiger partial charge in [0.25, 0.3) is 5.91 Å². The van der Waals surface area contributed by atoms with E-state index in [1.165, 1.54) is 24.5 Å². The second-order valence-electron chi connectivity index (χ2n) is 4.92. The molecule has 0 fully saturated rings. The van der Waals surface area contributed by atoms with Gasteiger partial charge in [-0.05, 0) is 36.8 Å². The molecular formula is C15H16N2O6S. The van der Waals surface area contributed by atoms with Crippen LogP contribution in [-0.2, 0) is 26.1 Å². The summed E-state index contributed by atoms with van der Waals surface area (Å²) in [5.74, 6) is -1.17. The van der Waals surface area contributed by atoms with Crippen LogP contribution < -0.4 is 10.5 Å². The van der Waals surface area contributed by atoms with Crippen molar-refractivity contribution in [1.82, 2.24) is 4.72 Å². The molecule has 0 aliphatic rings. The predicted molar refractivity (Wildman–Crippen MR) is 83.4 cm³/mol. The number of esters is 1. The third-order valence-electron chi connectivity index (χ3n) is 3.10. The molecule has 0 saturated carbocycles. The first-order valence-electron chi connectivity index (χ1n) is 6.88. The summed E-state index contributed by atoms with van der Waals surface area (Å²) in [7, 11) is -3.85. The number of furan rings is 1. The minimum Gasteiger partial charge on any atom is -0.468 e. The van der Waals surface area contributed by atoms with Crippen molar-refractivity contribution in [1.29, 1.82) is 0 Å². The van der Waals surface area contributed by atoms with Gasteiger partial charge in [-0.2, -0.15) is 0 Å². The fraction of sp³-hybridized carbons (Fsp3) is 0.200. The van der Waals surface area contributed by atoms with Gasteiger partial charge >= 0.3 is 5.97 Å². The maximum atomic E-state index is 12.3. The number of nitrogens with one attached hydrogen (secondary N) is 1. The Morgan fingerprint density at radius 3 is 2.67 bits per heavy atom. The smallest absolute Gasteiger partial charge is 0.338 e. The highest BCUT2D eigenvalue weighted by Crippen LogP contribution is 2.17. The van der Waals surface area contributed by atoms with Crippen LogP contribution >= 0.6 is 0 Å². The molecule has 0 aliphatic heterocycles. The number of carbonyl (C=O) groups excluding carboxylic acids is 2. The lowest BCUT2D eigenvalue weighted by atomic mass is 10.1. The number of sulfonamides is 1.